The molecule has 2 aromatic heterocycles. The van der Waals surface area contributed by atoms with E-state index in [1.165, 1.54) is 6.26 Å². The number of hydrogen-bond acceptors (Lipinski definition) is 2. The van der Waals surface area contributed by atoms with Crippen molar-refractivity contribution in [1.29, 1.82) is 0 Å². The summed E-state index contributed by atoms with van der Waals surface area (Å²) in [7, 11) is 0. The smallest absolute Gasteiger partial charge is 0.270 e. The van der Waals surface area contributed by atoms with Crippen molar-refractivity contribution in [3.8, 4) is 11.6 Å². The average Bonchev–Trinajstić information content (AvgIpc) is 2.59. The van der Waals surface area contributed by atoms with Gasteiger partial charge in [0.1, 0.15) is 12.5 Å². The van der Waals surface area contributed by atoms with Gasteiger partial charge in [-0.25, -0.2) is 15.0 Å². The van der Waals surface area contributed by atoms with Gasteiger partial charge in [-0.2, -0.15) is 0 Å². The minimum absolute atomic E-state index is 0.598. The van der Waals surface area contributed by atoms with Crippen molar-refractivity contribution < 1.29 is 9.40 Å². The van der Waals surface area contributed by atoms with Gasteiger partial charge in [0.15, 0.2) is 0 Å². The summed E-state index contributed by atoms with van der Waals surface area (Å²) < 4.78 is 5.02. The molecule has 0 bridgehead atoms. The number of nitrogens with one attached hydrogen (secondary N) is 2. The number of aromatic amines is 2. The highest BCUT2D eigenvalue weighted by Crippen LogP contribution is 2.09. The summed E-state index contributed by atoms with van der Waals surface area (Å²) in [4.78, 5) is 9.73. The summed E-state index contributed by atoms with van der Waals surface area (Å²) in [6.45, 7) is 0. The Kier molecular flexibility index (Phi) is 1.04. The van der Waals surface area contributed by atoms with Crippen LogP contribution < -0.4 is 4.98 Å². The molecule has 2 heterocycles. The first-order chi connectivity index (χ1) is 4.97. The lowest BCUT2D eigenvalue weighted by Crippen LogP contribution is -1.88. The van der Waals surface area contributed by atoms with Crippen molar-refractivity contribution in [1.82, 2.24) is 9.97 Å². The SMILES string of the molecule is c1coc(-c2c[nH+]c[nH]2)n1. The van der Waals surface area contributed by atoms with E-state index in [2.05, 4.69) is 15.0 Å². The van der Waals surface area contributed by atoms with Gasteiger partial charge in [-0.05, 0) is 0 Å². The van der Waals surface area contributed by atoms with Crippen LogP contribution in [0.25, 0.3) is 11.6 Å². The van der Waals surface area contributed by atoms with E-state index < -0.39 is 0 Å². The minimum Gasteiger partial charge on any atom is -0.442 e. The Morgan fingerprint density at radius 2 is 2.60 bits per heavy atom. The Hall–Kier alpha value is -1.58. The third-order valence-corrected chi connectivity index (χ3v) is 1.20. The van der Waals surface area contributed by atoms with Gasteiger partial charge in [-0.3, -0.25) is 0 Å². The van der Waals surface area contributed by atoms with Crippen molar-refractivity contribution in [2.45, 2.75) is 0 Å². The topological polar surface area (TPSA) is 56.0 Å². The summed E-state index contributed by atoms with van der Waals surface area (Å²) >= 11 is 0. The van der Waals surface area contributed by atoms with E-state index in [9.17, 15) is 0 Å². The fourth-order valence-electron chi connectivity index (χ4n) is 0.766. The van der Waals surface area contributed by atoms with Gasteiger partial charge in [0.25, 0.3) is 5.89 Å². The molecule has 50 valence electrons. The summed E-state index contributed by atoms with van der Waals surface area (Å²) in [6.07, 6.45) is 6.64. The van der Waals surface area contributed by atoms with Crippen molar-refractivity contribution in [2.24, 2.45) is 0 Å². The van der Waals surface area contributed by atoms with E-state index in [4.69, 9.17) is 4.42 Å². The van der Waals surface area contributed by atoms with E-state index in [1.807, 2.05) is 0 Å². The quantitative estimate of drug-likeness (QED) is 0.620. The van der Waals surface area contributed by atoms with Gasteiger partial charge in [-0.1, -0.05) is 0 Å². The van der Waals surface area contributed by atoms with Crippen LogP contribution in [0.15, 0.2) is 29.4 Å². The zero-order chi connectivity index (χ0) is 6.81. The molecule has 0 unspecified atom stereocenters. The van der Waals surface area contributed by atoms with Gasteiger partial charge in [0.05, 0.1) is 6.20 Å². The highest BCUT2D eigenvalue weighted by Gasteiger charge is 2.06. The molecule has 2 N–H and O–H groups in total. The summed E-state index contributed by atoms with van der Waals surface area (Å²) in [5.41, 5.74) is 0.852. The normalized spacial score (nSPS) is 10.0. The van der Waals surface area contributed by atoms with E-state index in [-0.39, 0.29) is 0 Å². The summed E-state index contributed by atoms with van der Waals surface area (Å²) in [6, 6.07) is 0. The molecule has 10 heavy (non-hydrogen) atoms. The maximum absolute atomic E-state index is 5.02. The Morgan fingerprint density at radius 1 is 1.60 bits per heavy atom. The van der Waals surface area contributed by atoms with Crippen molar-refractivity contribution in [3.05, 3.63) is 25.0 Å². The zero-order valence-corrected chi connectivity index (χ0v) is 5.16. The Morgan fingerprint density at radius 3 is 3.20 bits per heavy atom. The molecule has 0 aliphatic heterocycles. The average molecular weight is 136 g/mol. The minimum atomic E-state index is 0.598. The largest absolute Gasteiger partial charge is 0.442 e. The number of aromatic nitrogens is 3. The van der Waals surface area contributed by atoms with Crippen LogP contribution in [0.5, 0.6) is 0 Å². The summed E-state index contributed by atoms with van der Waals surface area (Å²) in [5, 5.41) is 0. The molecule has 0 saturated heterocycles. The molecule has 2 aromatic rings. The van der Waals surface area contributed by atoms with Crippen LogP contribution >= 0.6 is 0 Å². The van der Waals surface area contributed by atoms with Crippen LogP contribution in [0, 0.1) is 0 Å². The molecule has 0 fully saturated rings. The second kappa shape index (κ2) is 1.98. The second-order valence-electron chi connectivity index (χ2n) is 1.85. The maximum atomic E-state index is 5.02. The third-order valence-electron chi connectivity index (χ3n) is 1.20. The van der Waals surface area contributed by atoms with Crippen LogP contribution in [0.4, 0.5) is 0 Å². The molecule has 4 nitrogen and oxygen atoms in total. The number of H-pyrrole nitrogens is 2. The van der Waals surface area contributed by atoms with Gasteiger partial charge in [-0.15, -0.1) is 0 Å². The maximum Gasteiger partial charge on any atom is 0.270 e. The highest BCUT2D eigenvalue weighted by molar-refractivity contribution is 5.42. The van der Waals surface area contributed by atoms with Crippen LogP contribution in [0.2, 0.25) is 0 Å². The van der Waals surface area contributed by atoms with Gasteiger partial charge in [0.2, 0.25) is 12.0 Å². The lowest BCUT2D eigenvalue weighted by molar-refractivity contribution is -0.375. The van der Waals surface area contributed by atoms with Gasteiger partial charge in [0, 0.05) is 0 Å². The van der Waals surface area contributed by atoms with Gasteiger partial charge >= 0.3 is 0 Å². The molecular formula is C6H6N3O+. The first-order valence-electron chi connectivity index (χ1n) is 2.91. The monoisotopic (exact) mass is 136 g/mol. The molecule has 0 aliphatic rings. The number of oxazole rings is 1. The molecule has 2 rings (SSSR count). The highest BCUT2D eigenvalue weighted by atomic mass is 16.3. The Balaban J connectivity index is 2.48. The van der Waals surface area contributed by atoms with Crippen molar-refractivity contribution in [3.63, 3.8) is 0 Å². The first kappa shape index (κ1) is 5.22. The van der Waals surface area contributed by atoms with Crippen molar-refractivity contribution >= 4 is 0 Å². The second-order valence-corrected chi connectivity index (χ2v) is 1.85. The molecular weight excluding hydrogens is 130 g/mol. The molecule has 0 atom stereocenters. The van der Waals surface area contributed by atoms with Crippen LogP contribution in [0.1, 0.15) is 0 Å². The Labute approximate surface area is 56.9 Å². The summed E-state index contributed by atoms with van der Waals surface area (Å²) in [5.74, 6) is 0.598. The number of hydrogen-bond donors (Lipinski definition) is 1. The molecule has 0 aliphatic carbocycles. The molecule has 4 heteroatoms. The molecule has 0 radical (unpaired) electrons. The standard InChI is InChI=1S/C6H5N3O/c1-2-10-6(8-1)5-3-7-4-9-5/h1-4H,(H,7,9)/p+1. The fraction of sp³-hybridized carbons (Fsp3) is 0. The Bertz CT molecular complexity index is 252. The van der Waals surface area contributed by atoms with E-state index in [0.717, 1.165) is 5.69 Å². The number of imidazole rings is 1. The van der Waals surface area contributed by atoms with Gasteiger partial charge < -0.3 is 4.42 Å². The first-order valence-corrected chi connectivity index (χ1v) is 2.91. The number of nitrogens with zero attached hydrogens (tertiary/aromatic N) is 1. The fourth-order valence-corrected chi connectivity index (χ4v) is 0.766. The van der Waals surface area contributed by atoms with E-state index in [0.29, 0.717) is 5.89 Å². The van der Waals surface area contributed by atoms with E-state index >= 15 is 0 Å². The molecule has 0 saturated carbocycles. The third kappa shape index (κ3) is 0.699. The van der Waals surface area contributed by atoms with Crippen LogP contribution in [-0.2, 0) is 0 Å². The number of rotatable bonds is 1. The van der Waals surface area contributed by atoms with Crippen LogP contribution in [-0.4, -0.2) is 9.97 Å². The van der Waals surface area contributed by atoms with E-state index in [1.54, 1.807) is 18.7 Å². The van der Waals surface area contributed by atoms with Crippen LogP contribution in [0.3, 0.4) is 0 Å². The lowest BCUT2D eigenvalue weighted by atomic mass is 10.5. The van der Waals surface area contributed by atoms with Crippen molar-refractivity contribution in [2.75, 3.05) is 0 Å². The molecule has 0 aromatic carbocycles. The molecule has 0 amide bonds. The molecule has 0 spiro atoms. The predicted octanol–water partition coefficient (Wildman–Crippen LogP) is 0.484. The lowest BCUT2D eigenvalue weighted by Gasteiger charge is -1.78. The zero-order valence-electron chi connectivity index (χ0n) is 5.16. The predicted molar refractivity (Wildman–Crippen MR) is 32.8 cm³/mol.